The molecule has 0 heterocycles. The van der Waals surface area contributed by atoms with Crippen molar-refractivity contribution in [2.24, 2.45) is 0 Å². The Morgan fingerprint density at radius 1 is 1.36 bits per heavy atom. The molecule has 0 atom stereocenters. The maximum atomic E-state index is 10.8. The SMILES string of the molecule is C=Cc1cc(C=O)c(C(C)C)cc1O. The molecule has 1 aromatic rings. The first-order valence-corrected chi connectivity index (χ1v) is 4.54. The van der Waals surface area contributed by atoms with Crippen LogP contribution in [0, 0.1) is 0 Å². The fourth-order valence-corrected chi connectivity index (χ4v) is 1.40. The van der Waals surface area contributed by atoms with Crippen LogP contribution in [0.2, 0.25) is 0 Å². The van der Waals surface area contributed by atoms with Crippen LogP contribution in [-0.2, 0) is 0 Å². The van der Waals surface area contributed by atoms with Crippen molar-refractivity contribution >= 4 is 12.4 Å². The number of benzene rings is 1. The third kappa shape index (κ3) is 1.84. The molecule has 0 aliphatic heterocycles. The van der Waals surface area contributed by atoms with Crippen molar-refractivity contribution in [3.63, 3.8) is 0 Å². The van der Waals surface area contributed by atoms with E-state index in [0.29, 0.717) is 11.1 Å². The summed E-state index contributed by atoms with van der Waals surface area (Å²) in [5, 5.41) is 9.57. The number of carbonyl (C=O) groups excluding carboxylic acids is 1. The lowest BCUT2D eigenvalue weighted by atomic mass is 9.95. The van der Waals surface area contributed by atoms with Gasteiger partial charge in [0.2, 0.25) is 0 Å². The molecule has 0 amide bonds. The molecule has 2 heteroatoms. The molecule has 0 spiro atoms. The van der Waals surface area contributed by atoms with Crippen molar-refractivity contribution in [3.8, 4) is 5.75 Å². The Labute approximate surface area is 83.9 Å². The summed E-state index contributed by atoms with van der Waals surface area (Å²) in [6.07, 6.45) is 2.34. The van der Waals surface area contributed by atoms with Gasteiger partial charge in [-0.2, -0.15) is 0 Å². The summed E-state index contributed by atoms with van der Waals surface area (Å²) in [5.41, 5.74) is 2.08. The Balaban J connectivity index is 3.38. The van der Waals surface area contributed by atoms with Gasteiger partial charge in [0, 0.05) is 11.1 Å². The number of phenolic OH excluding ortho intramolecular Hbond substituents is 1. The molecular weight excluding hydrogens is 176 g/mol. The normalized spacial score (nSPS) is 10.2. The molecule has 0 aliphatic rings. The highest BCUT2D eigenvalue weighted by Gasteiger charge is 2.09. The van der Waals surface area contributed by atoms with Gasteiger partial charge in [-0.05, 0) is 23.6 Å². The smallest absolute Gasteiger partial charge is 0.150 e. The molecular formula is C12H14O2. The summed E-state index contributed by atoms with van der Waals surface area (Å²) >= 11 is 0. The largest absolute Gasteiger partial charge is 0.507 e. The van der Waals surface area contributed by atoms with Gasteiger partial charge >= 0.3 is 0 Å². The molecule has 0 bridgehead atoms. The third-order valence-corrected chi connectivity index (χ3v) is 2.20. The summed E-state index contributed by atoms with van der Waals surface area (Å²) in [6, 6.07) is 3.29. The van der Waals surface area contributed by atoms with Crippen LogP contribution in [0.25, 0.3) is 6.08 Å². The molecule has 2 nitrogen and oxygen atoms in total. The number of rotatable bonds is 3. The van der Waals surface area contributed by atoms with E-state index in [2.05, 4.69) is 6.58 Å². The van der Waals surface area contributed by atoms with Gasteiger partial charge in [0.1, 0.15) is 12.0 Å². The molecule has 0 aliphatic carbocycles. The third-order valence-electron chi connectivity index (χ3n) is 2.20. The second-order valence-electron chi connectivity index (χ2n) is 3.52. The molecule has 0 unspecified atom stereocenters. The molecule has 74 valence electrons. The molecule has 1 rings (SSSR count). The Hall–Kier alpha value is -1.57. The van der Waals surface area contributed by atoms with Gasteiger partial charge in [0.25, 0.3) is 0 Å². The standard InChI is InChI=1S/C12H14O2/c1-4-9-5-10(7-13)11(8(2)3)6-12(9)14/h4-8,14H,1H2,2-3H3. The fraction of sp³-hybridized carbons (Fsp3) is 0.250. The lowest BCUT2D eigenvalue weighted by molar-refractivity contribution is 0.112. The van der Waals surface area contributed by atoms with Gasteiger partial charge in [0.05, 0.1) is 0 Å². The summed E-state index contributed by atoms with van der Waals surface area (Å²) in [6.45, 7) is 7.53. The van der Waals surface area contributed by atoms with E-state index in [1.807, 2.05) is 13.8 Å². The van der Waals surface area contributed by atoms with Crippen LogP contribution >= 0.6 is 0 Å². The predicted molar refractivity (Wildman–Crippen MR) is 57.7 cm³/mol. The van der Waals surface area contributed by atoms with E-state index in [4.69, 9.17) is 0 Å². The lowest BCUT2D eigenvalue weighted by Crippen LogP contribution is -1.96. The summed E-state index contributed by atoms with van der Waals surface area (Å²) < 4.78 is 0. The van der Waals surface area contributed by atoms with Gasteiger partial charge < -0.3 is 5.11 Å². The van der Waals surface area contributed by atoms with E-state index in [1.165, 1.54) is 6.08 Å². The van der Waals surface area contributed by atoms with Crippen LogP contribution in [0.15, 0.2) is 18.7 Å². The average Bonchev–Trinajstić information content (AvgIpc) is 2.17. The number of aldehydes is 1. The highest BCUT2D eigenvalue weighted by Crippen LogP contribution is 2.27. The van der Waals surface area contributed by atoms with E-state index in [1.54, 1.807) is 12.1 Å². The first-order chi connectivity index (χ1) is 6.60. The van der Waals surface area contributed by atoms with Gasteiger partial charge in [-0.25, -0.2) is 0 Å². The van der Waals surface area contributed by atoms with Crippen molar-refractivity contribution in [1.29, 1.82) is 0 Å². The van der Waals surface area contributed by atoms with E-state index >= 15 is 0 Å². The first kappa shape index (κ1) is 10.5. The average molecular weight is 190 g/mol. The minimum Gasteiger partial charge on any atom is -0.507 e. The van der Waals surface area contributed by atoms with Crippen LogP contribution in [-0.4, -0.2) is 11.4 Å². The monoisotopic (exact) mass is 190 g/mol. The Morgan fingerprint density at radius 3 is 2.43 bits per heavy atom. The highest BCUT2D eigenvalue weighted by molar-refractivity contribution is 5.80. The summed E-state index contributed by atoms with van der Waals surface area (Å²) in [5.74, 6) is 0.397. The number of carbonyl (C=O) groups is 1. The lowest BCUT2D eigenvalue weighted by Gasteiger charge is -2.10. The first-order valence-electron chi connectivity index (χ1n) is 4.54. The minimum absolute atomic E-state index is 0.175. The molecule has 1 N–H and O–H groups in total. The predicted octanol–water partition coefficient (Wildman–Crippen LogP) is 2.97. The Morgan fingerprint density at radius 2 is 2.00 bits per heavy atom. The van der Waals surface area contributed by atoms with Crippen molar-refractivity contribution in [2.45, 2.75) is 19.8 Å². The summed E-state index contributed by atoms with van der Waals surface area (Å²) in [4.78, 5) is 10.8. The fourth-order valence-electron chi connectivity index (χ4n) is 1.40. The molecule has 0 saturated heterocycles. The second kappa shape index (κ2) is 4.09. The van der Waals surface area contributed by atoms with Crippen LogP contribution in [0.1, 0.15) is 41.3 Å². The van der Waals surface area contributed by atoms with E-state index in [0.717, 1.165) is 11.8 Å². The van der Waals surface area contributed by atoms with Crippen LogP contribution in [0.3, 0.4) is 0 Å². The number of aromatic hydroxyl groups is 1. The molecule has 0 aromatic heterocycles. The van der Waals surface area contributed by atoms with Gasteiger partial charge in [0.15, 0.2) is 0 Å². The van der Waals surface area contributed by atoms with E-state index in [9.17, 15) is 9.90 Å². The zero-order valence-electron chi connectivity index (χ0n) is 8.45. The van der Waals surface area contributed by atoms with Crippen molar-refractivity contribution < 1.29 is 9.90 Å². The number of hydrogen-bond donors (Lipinski definition) is 1. The highest BCUT2D eigenvalue weighted by atomic mass is 16.3. The second-order valence-corrected chi connectivity index (χ2v) is 3.52. The topological polar surface area (TPSA) is 37.3 Å². The maximum absolute atomic E-state index is 10.8. The zero-order chi connectivity index (χ0) is 10.7. The van der Waals surface area contributed by atoms with Crippen LogP contribution in [0.5, 0.6) is 5.75 Å². The van der Waals surface area contributed by atoms with Crippen LogP contribution in [0.4, 0.5) is 0 Å². The molecule has 14 heavy (non-hydrogen) atoms. The quantitative estimate of drug-likeness (QED) is 0.744. The van der Waals surface area contributed by atoms with Crippen molar-refractivity contribution in [2.75, 3.05) is 0 Å². The molecule has 0 fully saturated rings. The van der Waals surface area contributed by atoms with Crippen LogP contribution < -0.4 is 0 Å². The minimum atomic E-state index is 0.175. The Bertz CT molecular complexity index is 365. The van der Waals surface area contributed by atoms with E-state index in [-0.39, 0.29) is 11.7 Å². The molecule has 0 saturated carbocycles. The van der Waals surface area contributed by atoms with Crippen molar-refractivity contribution in [1.82, 2.24) is 0 Å². The van der Waals surface area contributed by atoms with Gasteiger partial charge in [-0.15, -0.1) is 0 Å². The summed E-state index contributed by atoms with van der Waals surface area (Å²) in [7, 11) is 0. The van der Waals surface area contributed by atoms with E-state index < -0.39 is 0 Å². The van der Waals surface area contributed by atoms with Crippen molar-refractivity contribution in [3.05, 3.63) is 35.4 Å². The maximum Gasteiger partial charge on any atom is 0.150 e. The number of phenols is 1. The van der Waals surface area contributed by atoms with Gasteiger partial charge in [-0.3, -0.25) is 4.79 Å². The van der Waals surface area contributed by atoms with Gasteiger partial charge in [-0.1, -0.05) is 26.5 Å². The molecule has 1 aromatic carbocycles. The number of hydrogen-bond acceptors (Lipinski definition) is 2. The Kier molecular flexibility index (Phi) is 3.07. The molecule has 0 radical (unpaired) electrons. The zero-order valence-corrected chi connectivity index (χ0v) is 8.45.